The fraction of sp³-hybridized carbons (Fsp3) is 0.600. The molecule has 25 heavy (non-hydrogen) atoms. The molecule has 0 spiro atoms. The number of piperidine rings is 1. The predicted molar refractivity (Wildman–Crippen MR) is 98.7 cm³/mol. The van der Waals surface area contributed by atoms with Crippen LogP contribution in [-0.2, 0) is 22.5 Å². The number of hydrogen-bond donors (Lipinski definition) is 0. The van der Waals surface area contributed by atoms with E-state index in [0.29, 0.717) is 39.1 Å². The summed E-state index contributed by atoms with van der Waals surface area (Å²) >= 11 is 0. The van der Waals surface area contributed by atoms with E-state index in [1.165, 1.54) is 5.56 Å². The van der Waals surface area contributed by atoms with E-state index in [4.69, 9.17) is 4.74 Å². The van der Waals surface area contributed by atoms with Gasteiger partial charge in [-0.1, -0.05) is 13.0 Å². The molecule has 1 fully saturated rings. The van der Waals surface area contributed by atoms with Crippen LogP contribution in [0.15, 0.2) is 12.7 Å². The number of ether oxygens (including phenoxy) is 1. The van der Waals surface area contributed by atoms with Crippen molar-refractivity contribution in [2.24, 2.45) is 5.92 Å². The van der Waals surface area contributed by atoms with Crippen molar-refractivity contribution in [1.29, 1.82) is 0 Å². The van der Waals surface area contributed by atoms with E-state index in [1.807, 2.05) is 24.8 Å². The summed E-state index contributed by atoms with van der Waals surface area (Å²) in [5.41, 5.74) is 4.22. The van der Waals surface area contributed by atoms with Crippen molar-refractivity contribution in [3.63, 3.8) is 0 Å². The number of allylic oxidation sites excluding steroid dienone is 1. The van der Waals surface area contributed by atoms with Gasteiger partial charge in [0.25, 0.3) is 5.91 Å². The van der Waals surface area contributed by atoms with E-state index in [0.717, 1.165) is 23.4 Å². The highest BCUT2D eigenvalue weighted by Gasteiger charge is 2.31. The quantitative estimate of drug-likeness (QED) is 0.587. The van der Waals surface area contributed by atoms with Crippen LogP contribution in [0, 0.1) is 19.8 Å². The Balaban J connectivity index is 2.19. The summed E-state index contributed by atoms with van der Waals surface area (Å²) < 4.78 is 7.18. The molecule has 5 heteroatoms. The highest BCUT2D eigenvalue weighted by atomic mass is 16.5. The number of hydrogen-bond acceptors (Lipinski definition) is 3. The topological polar surface area (TPSA) is 51.5 Å². The van der Waals surface area contributed by atoms with Crippen molar-refractivity contribution in [2.75, 3.05) is 19.7 Å². The third-order valence-electron chi connectivity index (χ3n) is 5.19. The van der Waals surface area contributed by atoms with Gasteiger partial charge in [-0.25, -0.2) is 0 Å². The number of rotatable bonds is 6. The first-order chi connectivity index (χ1) is 12.0. The van der Waals surface area contributed by atoms with E-state index in [2.05, 4.69) is 25.0 Å². The molecular weight excluding hydrogens is 316 g/mol. The average Bonchev–Trinajstić information content (AvgIpc) is 2.85. The molecule has 1 aromatic heterocycles. The highest BCUT2D eigenvalue weighted by molar-refractivity contribution is 5.95. The van der Waals surface area contributed by atoms with Crippen LogP contribution in [0.2, 0.25) is 0 Å². The van der Waals surface area contributed by atoms with Crippen molar-refractivity contribution in [1.82, 2.24) is 9.47 Å². The summed E-state index contributed by atoms with van der Waals surface area (Å²) in [6.45, 7) is 14.1. The Bertz CT molecular complexity index is 652. The van der Waals surface area contributed by atoms with Gasteiger partial charge < -0.3 is 14.2 Å². The summed E-state index contributed by atoms with van der Waals surface area (Å²) in [6, 6.07) is 0. The van der Waals surface area contributed by atoms with Crippen molar-refractivity contribution in [3.05, 3.63) is 35.2 Å². The highest BCUT2D eigenvalue weighted by Crippen LogP contribution is 2.26. The lowest BCUT2D eigenvalue weighted by atomic mass is 9.96. The van der Waals surface area contributed by atoms with Gasteiger partial charge in [-0.05, 0) is 51.2 Å². The van der Waals surface area contributed by atoms with Crippen LogP contribution in [0.25, 0.3) is 0 Å². The van der Waals surface area contributed by atoms with E-state index >= 15 is 0 Å². The maximum atomic E-state index is 13.2. The van der Waals surface area contributed by atoms with Crippen LogP contribution < -0.4 is 0 Å². The molecule has 0 saturated carbocycles. The summed E-state index contributed by atoms with van der Waals surface area (Å²) in [7, 11) is 0. The van der Waals surface area contributed by atoms with Gasteiger partial charge in [0.15, 0.2) is 0 Å². The normalized spacial score (nSPS) is 15.3. The lowest BCUT2D eigenvalue weighted by molar-refractivity contribution is -0.149. The van der Waals surface area contributed by atoms with E-state index in [1.54, 1.807) is 0 Å². The fourth-order valence-corrected chi connectivity index (χ4v) is 3.83. The molecular formula is C20H30N2O3. The maximum absolute atomic E-state index is 13.2. The lowest BCUT2D eigenvalue weighted by Gasteiger charge is -2.31. The monoisotopic (exact) mass is 346 g/mol. The number of likely N-dealkylation sites (tertiary alicyclic amines) is 1. The minimum atomic E-state index is -0.134. The summed E-state index contributed by atoms with van der Waals surface area (Å²) in [4.78, 5) is 26.9. The molecule has 138 valence electrons. The van der Waals surface area contributed by atoms with Crippen LogP contribution in [0.3, 0.4) is 0 Å². The van der Waals surface area contributed by atoms with E-state index in [-0.39, 0.29) is 17.8 Å². The SMILES string of the molecule is C=CCn1c(C)c(CC)c(C)c1C(=O)N1CCC(C(=O)OCC)CC1. The van der Waals surface area contributed by atoms with Crippen LogP contribution in [0.4, 0.5) is 0 Å². The molecule has 2 rings (SSSR count). The van der Waals surface area contributed by atoms with Crippen molar-refractivity contribution < 1.29 is 14.3 Å². The second-order valence-corrected chi connectivity index (χ2v) is 6.61. The van der Waals surface area contributed by atoms with Crippen molar-refractivity contribution in [3.8, 4) is 0 Å². The minimum absolute atomic E-state index is 0.0597. The molecule has 1 amide bonds. The molecule has 2 heterocycles. The molecule has 0 aliphatic carbocycles. The lowest BCUT2D eigenvalue weighted by Crippen LogP contribution is -2.41. The van der Waals surface area contributed by atoms with Gasteiger partial charge in [-0.2, -0.15) is 0 Å². The number of amides is 1. The standard InChI is InChI=1S/C20H30N2O3/c1-6-11-22-15(5)17(7-2)14(4)18(22)19(23)21-12-9-16(10-13-21)20(24)25-8-3/h6,16H,1,7-13H2,2-5H3. The first-order valence-electron chi connectivity index (χ1n) is 9.21. The first kappa shape index (κ1) is 19.3. The molecule has 1 aromatic rings. The summed E-state index contributed by atoms with van der Waals surface area (Å²) in [6.07, 6.45) is 4.08. The van der Waals surface area contributed by atoms with Gasteiger partial charge >= 0.3 is 5.97 Å². The van der Waals surface area contributed by atoms with E-state index in [9.17, 15) is 9.59 Å². The van der Waals surface area contributed by atoms with Crippen LogP contribution >= 0.6 is 0 Å². The second kappa shape index (κ2) is 8.37. The number of carbonyl (C=O) groups excluding carboxylic acids is 2. The Kier molecular flexibility index (Phi) is 6.45. The molecule has 0 radical (unpaired) electrons. The number of carbonyl (C=O) groups is 2. The largest absolute Gasteiger partial charge is 0.466 e. The Morgan fingerprint density at radius 2 is 1.88 bits per heavy atom. The molecule has 0 bridgehead atoms. The second-order valence-electron chi connectivity index (χ2n) is 6.61. The number of esters is 1. The molecule has 0 atom stereocenters. The van der Waals surface area contributed by atoms with Gasteiger partial charge in [0.2, 0.25) is 0 Å². The first-order valence-corrected chi connectivity index (χ1v) is 9.21. The Morgan fingerprint density at radius 3 is 2.40 bits per heavy atom. The maximum Gasteiger partial charge on any atom is 0.309 e. The molecule has 0 aromatic carbocycles. The Morgan fingerprint density at radius 1 is 1.24 bits per heavy atom. The molecule has 0 unspecified atom stereocenters. The Labute approximate surface area is 150 Å². The van der Waals surface area contributed by atoms with Crippen molar-refractivity contribution >= 4 is 11.9 Å². The zero-order chi connectivity index (χ0) is 18.6. The number of nitrogens with zero attached hydrogens (tertiary/aromatic N) is 2. The zero-order valence-corrected chi connectivity index (χ0v) is 15.9. The summed E-state index contributed by atoms with van der Waals surface area (Å²) in [5, 5.41) is 0. The molecule has 1 aliphatic heterocycles. The predicted octanol–water partition coefficient (Wildman–Crippen LogP) is 3.27. The van der Waals surface area contributed by atoms with Gasteiger partial charge in [0.1, 0.15) is 5.69 Å². The van der Waals surface area contributed by atoms with Gasteiger partial charge in [-0.3, -0.25) is 9.59 Å². The van der Waals surface area contributed by atoms with Gasteiger partial charge in [0, 0.05) is 25.3 Å². The molecule has 0 N–H and O–H groups in total. The molecule has 1 aliphatic rings. The van der Waals surface area contributed by atoms with Gasteiger partial charge in [-0.15, -0.1) is 6.58 Å². The minimum Gasteiger partial charge on any atom is -0.466 e. The van der Waals surface area contributed by atoms with E-state index < -0.39 is 0 Å². The number of aromatic nitrogens is 1. The van der Waals surface area contributed by atoms with Crippen molar-refractivity contribution in [2.45, 2.75) is 53.5 Å². The third-order valence-corrected chi connectivity index (χ3v) is 5.19. The Hall–Kier alpha value is -2.04. The zero-order valence-electron chi connectivity index (χ0n) is 15.9. The third kappa shape index (κ3) is 3.80. The van der Waals surface area contributed by atoms with Crippen LogP contribution in [0.5, 0.6) is 0 Å². The summed E-state index contributed by atoms with van der Waals surface area (Å²) in [5.74, 6) is -0.160. The molecule has 5 nitrogen and oxygen atoms in total. The van der Waals surface area contributed by atoms with Crippen LogP contribution in [-0.4, -0.2) is 41.0 Å². The molecule has 1 saturated heterocycles. The fourth-order valence-electron chi connectivity index (χ4n) is 3.83. The smallest absolute Gasteiger partial charge is 0.309 e. The van der Waals surface area contributed by atoms with Crippen LogP contribution in [0.1, 0.15) is 54.0 Å². The average molecular weight is 346 g/mol. The van der Waals surface area contributed by atoms with Gasteiger partial charge in [0.05, 0.1) is 12.5 Å².